The summed E-state index contributed by atoms with van der Waals surface area (Å²) in [6.45, 7) is 8.22. The third kappa shape index (κ3) is 5.88. The second-order valence-electron chi connectivity index (χ2n) is 13.0. The van der Waals surface area contributed by atoms with Crippen molar-refractivity contribution in [2.45, 2.75) is 59.3 Å². The predicted octanol–water partition coefficient (Wildman–Crippen LogP) is 7.44. The average Bonchev–Trinajstić information content (AvgIpc) is 2.89. The molecule has 0 unspecified atom stereocenters. The van der Waals surface area contributed by atoms with Crippen LogP contribution >= 0.6 is 27.5 Å². The summed E-state index contributed by atoms with van der Waals surface area (Å²) < 4.78 is 12.2. The number of rotatable bonds is 6. The van der Waals surface area contributed by atoms with Crippen LogP contribution in [0, 0.1) is 10.8 Å². The first-order chi connectivity index (χ1) is 19.7. The van der Waals surface area contributed by atoms with Crippen LogP contribution in [0.5, 0.6) is 11.5 Å². The van der Waals surface area contributed by atoms with Crippen LogP contribution in [-0.4, -0.2) is 43.1 Å². The van der Waals surface area contributed by atoms with Gasteiger partial charge in [0.1, 0.15) is 0 Å². The van der Waals surface area contributed by atoms with Crippen LogP contribution in [0.3, 0.4) is 0 Å². The number of anilines is 1. The molecule has 9 heteroatoms. The Morgan fingerprint density at radius 3 is 2.05 bits per heavy atom. The third-order valence-electron chi connectivity index (χ3n) is 8.24. The van der Waals surface area contributed by atoms with Crippen molar-refractivity contribution < 1.29 is 23.9 Å². The number of methoxy groups -OCH3 is 1. The quantitative estimate of drug-likeness (QED) is 0.348. The standard InChI is InChI=1S/C33H36BrClN2O5/c1-32(2)13-22-29(24(38)15-32)28(30-23(37(22)5)14-33(3,4)16-25(30)39)18-11-21(34)31(26(12-18)41-6)42-17-27(40)36-20-9-7-19(35)8-10-20/h7-12,28H,13-17H2,1-6H3,(H,36,40). The van der Waals surface area contributed by atoms with Gasteiger partial charge in [-0.3, -0.25) is 14.4 Å². The zero-order valence-corrected chi connectivity index (χ0v) is 27.2. The Kier molecular flexibility index (Phi) is 8.09. The van der Waals surface area contributed by atoms with E-state index in [2.05, 4.69) is 53.8 Å². The van der Waals surface area contributed by atoms with Crippen LogP contribution in [0.25, 0.3) is 0 Å². The van der Waals surface area contributed by atoms with Crippen molar-refractivity contribution in [3.05, 3.63) is 74.0 Å². The fourth-order valence-corrected chi connectivity index (χ4v) is 7.11. The van der Waals surface area contributed by atoms with E-state index >= 15 is 0 Å². The number of carbonyl (C=O) groups excluding carboxylic acids is 3. The van der Waals surface area contributed by atoms with Gasteiger partial charge < -0.3 is 19.7 Å². The lowest BCUT2D eigenvalue weighted by Gasteiger charge is -2.48. The first-order valence-corrected chi connectivity index (χ1v) is 15.2. The zero-order chi connectivity index (χ0) is 30.6. The number of hydrogen-bond donors (Lipinski definition) is 1. The van der Waals surface area contributed by atoms with E-state index in [4.69, 9.17) is 21.1 Å². The molecule has 0 bridgehead atoms. The van der Waals surface area contributed by atoms with Gasteiger partial charge in [0.2, 0.25) is 0 Å². The molecule has 0 atom stereocenters. The minimum atomic E-state index is -0.508. The maximum Gasteiger partial charge on any atom is 0.262 e. The highest BCUT2D eigenvalue weighted by molar-refractivity contribution is 9.10. The van der Waals surface area contributed by atoms with Gasteiger partial charge in [0.15, 0.2) is 29.7 Å². The Morgan fingerprint density at radius 1 is 0.976 bits per heavy atom. The molecule has 1 aliphatic heterocycles. The van der Waals surface area contributed by atoms with Crippen LogP contribution in [0.15, 0.2) is 63.4 Å². The van der Waals surface area contributed by atoms with E-state index in [0.717, 1.165) is 29.8 Å². The first-order valence-electron chi connectivity index (χ1n) is 14.0. The van der Waals surface area contributed by atoms with Crippen molar-refractivity contribution in [1.29, 1.82) is 0 Å². The van der Waals surface area contributed by atoms with Crippen molar-refractivity contribution in [3.8, 4) is 11.5 Å². The van der Waals surface area contributed by atoms with E-state index in [9.17, 15) is 14.4 Å². The molecule has 1 N–H and O–H groups in total. The number of nitrogens with zero attached hydrogens (tertiary/aromatic N) is 1. The normalized spacial score (nSPS) is 19.9. The summed E-state index contributed by atoms with van der Waals surface area (Å²) in [6.07, 6.45) is 2.32. The molecule has 0 saturated carbocycles. The molecular weight excluding hydrogens is 620 g/mol. The first kappa shape index (κ1) is 30.4. The Hall–Kier alpha value is -3.10. The van der Waals surface area contributed by atoms with E-state index in [0.29, 0.717) is 50.7 Å². The number of Topliss-reactive ketones (excluding diaryl/α,β-unsaturated/α-hetero) is 2. The number of nitrogens with one attached hydrogen (secondary N) is 1. The smallest absolute Gasteiger partial charge is 0.262 e. The summed E-state index contributed by atoms with van der Waals surface area (Å²) in [5.74, 6) is 0.0326. The number of hydrogen-bond acceptors (Lipinski definition) is 6. The zero-order valence-electron chi connectivity index (χ0n) is 24.8. The van der Waals surface area contributed by atoms with Crippen molar-refractivity contribution >= 4 is 50.7 Å². The largest absolute Gasteiger partial charge is 0.493 e. The third-order valence-corrected chi connectivity index (χ3v) is 9.08. The Bertz CT molecular complexity index is 1490. The molecule has 2 aromatic rings. The monoisotopic (exact) mass is 654 g/mol. The minimum Gasteiger partial charge on any atom is -0.493 e. The highest BCUT2D eigenvalue weighted by atomic mass is 79.9. The summed E-state index contributed by atoms with van der Waals surface area (Å²) in [7, 11) is 3.52. The summed E-state index contributed by atoms with van der Waals surface area (Å²) in [6, 6.07) is 10.5. The lowest BCUT2D eigenvalue weighted by atomic mass is 9.64. The fraction of sp³-hybridized carbons (Fsp3) is 0.424. The predicted molar refractivity (Wildman–Crippen MR) is 167 cm³/mol. The second-order valence-corrected chi connectivity index (χ2v) is 14.3. The highest BCUT2D eigenvalue weighted by Gasteiger charge is 2.48. The number of allylic oxidation sites excluding steroid dienone is 4. The topological polar surface area (TPSA) is 84.9 Å². The molecule has 222 valence electrons. The SMILES string of the molecule is COc1cc(C2C3=C(CC(C)(C)CC3=O)N(C)C3=C2C(=O)CC(C)(C)C3)cc(Br)c1OCC(=O)Nc1ccc(Cl)cc1. The van der Waals surface area contributed by atoms with Gasteiger partial charge in [-0.25, -0.2) is 0 Å². The number of ketones is 2. The Labute approximate surface area is 260 Å². The summed E-state index contributed by atoms with van der Waals surface area (Å²) in [5.41, 5.74) is 4.37. The van der Waals surface area contributed by atoms with Gasteiger partial charge >= 0.3 is 0 Å². The van der Waals surface area contributed by atoms with Gasteiger partial charge in [0, 0.05) is 59.1 Å². The van der Waals surface area contributed by atoms with E-state index in [1.807, 2.05) is 19.2 Å². The molecule has 5 rings (SSSR count). The lowest BCUT2D eigenvalue weighted by molar-refractivity contribution is -0.120. The number of amides is 1. The van der Waals surface area contributed by atoms with E-state index in [1.165, 1.54) is 7.11 Å². The maximum atomic E-state index is 13.8. The molecule has 3 aliphatic rings. The lowest BCUT2D eigenvalue weighted by Crippen LogP contribution is -2.43. The van der Waals surface area contributed by atoms with Crippen molar-refractivity contribution in [3.63, 3.8) is 0 Å². The van der Waals surface area contributed by atoms with Gasteiger partial charge in [-0.2, -0.15) is 0 Å². The molecule has 7 nitrogen and oxygen atoms in total. The number of ether oxygens (including phenoxy) is 2. The van der Waals surface area contributed by atoms with Gasteiger partial charge in [-0.15, -0.1) is 0 Å². The minimum absolute atomic E-state index is 0.0663. The highest BCUT2D eigenvalue weighted by Crippen LogP contribution is 2.55. The van der Waals surface area contributed by atoms with Crippen LogP contribution in [0.2, 0.25) is 5.02 Å². The van der Waals surface area contributed by atoms with Crippen molar-refractivity contribution in [2.24, 2.45) is 10.8 Å². The second kappa shape index (κ2) is 11.2. The molecule has 1 amide bonds. The van der Waals surface area contributed by atoms with Gasteiger partial charge in [0.25, 0.3) is 5.91 Å². The molecule has 2 aliphatic carbocycles. The average molecular weight is 656 g/mol. The Morgan fingerprint density at radius 2 is 1.52 bits per heavy atom. The molecule has 0 radical (unpaired) electrons. The van der Waals surface area contributed by atoms with Crippen molar-refractivity contribution in [1.82, 2.24) is 4.90 Å². The van der Waals surface area contributed by atoms with E-state index in [-0.39, 0.29) is 34.9 Å². The molecular formula is C33H36BrClN2O5. The molecule has 0 saturated heterocycles. The fourth-order valence-electron chi connectivity index (χ4n) is 6.41. The number of benzene rings is 2. The molecule has 0 fully saturated rings. The molecule has 0 spiro atoms. The maximum absolute atomic E-state index is 13.8. The van der Waals surface area contributed by atoms with Crippen LogP contribution < -0.4 is 14.8 Å². The van der Waals surface area contributed by atoms with Crippen LogP contribution in [-0.2, 0) is 14.4 Å². The summed E-state index contributed by atoms with van der Waals surface area (Å²) >= 11 is 9.55. The van der Waals surface area contributed by atoms with Gasteiger partial charge in [-0.1, -0.05) is 39.3 Å². The Balaban J connectivity index is 1.53. The number of carbonyl (C=O) groups is 3. The van der Waals surface area contributed by atoms with Crippen LogP contribution in [0.4, 0.5) is 5.69 Å². The molecule has 2 aromatic carbocycles. The molecule has 1 heterocycles. The van der Waals surface area contributed by atoms with Gasteiger partial charge in [-0.05, 0) is 81.6 Å². The van der Waals surface area contributed by atoms with Gasteiger partial charge in [0.05, 0.1) is 11.6 Å². The number of halogens is 2. The molecule has 42 heavy (non-hydrogen) atoms. The van der Waals surface area contributed by atoms with Crippen molar-refractivity contribution in [2.75, 3.05) is 26.1 Å². The van der Waals surface area contributed by atoms with E-state index in [1.54, 1.807) is 24.3 Å². The molecule has 0 aromatic heterocycles. The van der Waals surface area contributed by atoms with E-state index < -0.39 is 5.92 Å². The summed E-state index contributed by atoms with van der Waals surface area (Å²) in [4.78, 5) is 42.3. The summed E-state index contributed by atoms with van der Waals surface area (Å²) in [5, 5.41) is 3.35. The van der Waals surface area contributed by atoms with Crippen LogP contribution in [0.1, 0.15) is 64.9 Å².